The summed E-state index contributed by atoms with van der Waals surface area (Å²) < 4.78 is 27.5. The topological polar surface area (TPSA) is 71.9 Å². The van der Waals surface area contributed by atoms with E-state index in [0.29, 0.717) is 21.1 Å². The van der Waals surface area contributed by atoms with Crippen molar-refractivity contribution in [1.29, 1.82) is 0 Å². The average molecular weight is 441 g/mol. The third-order valence-corrected chi connectivity index (χ3v) is 6.09. The number of H-pyrrole nitrogens is 1. The average Bonchev–Trinajstić information content (AvgIpc) is 2.99. The van der Waals surface area contributed by atoms with Crippen molar-refractivity contribution in [1.82, 2.24) is 8.96 Å². The minimum absolute atomic E-state index is 0.222. The van der Waals surface area contributed by atoms with Crippen LogP contribution in [0.3, 0.4) is 0 Å². The highest BCUT2D eigenvalue weighted by Gasteiger charge is 2.24. The van der Waals surface area contributed by atoms with E-state index in [1.54, 1.807) is 44.2 Å². The molecule has 142 valence electrons. The van der Waals surface area contributed by atoms with E-state index in [4.69, 9.17) is 0 Å². The minimum atomic E-state index is -3.78. The number of aromatic amines is 1. The van der Waals surface area contributed by atoms with Gasteiger partial charge in [-0.2, -0.15) is 0 Å². The van der Waals surface area contributed by atoms with Crippen molar-refractivity contribution in [3.05, 3.63) is 62.5 Å². The molecule has 7 heteroatoms. The molecule has 2 heterocycles. The molecule has 0 saturated heterocycles. The van der Waals surface area contributed by atoms with Gasteiger partial charge in [-0.1, -0.05) is 45.9 Å². The number of nitrogens with zero attached hydrogens (tertiary/aromatic N) is 1. The van der Waals surface area contributed by atoms with Crippen LogP contribution in [-0.2, 0) is 10.0 Å². The van der Waals surface area contributed by atoms with Crippen LogP contribution in [0.2, 0.25) is 0 Å². The first-order chi connectivity index (χ1) is 12.3. The van der Waals surface area contributed by atoms with Crippen molar-refractivity contribution in [3.63, 3.8) is 0 Å². The third-order valence-electron chi connectivity index (χ3n) is 3.54. The fourth-order valence-electron chi connectivity index (χ4n) is 2.51. The second kappa shape index (κ2) is 9.19. The van der Waals surface area contributed by atoms with Crippen molar-refractivity contribution in [2.45, 2.75) is 46.4 Å². The van der Waals surface area contributed by atoms with Gasteiger partial charge in [0.05, 0.1) is 14.8 Å². The summed E-state index contributed by atoms with van der Waals surface area (Å²) in [6.45, 7) is 11.4. The smallest absolute Gasteiger partial charge is 0.269 e. The van der Waals surface area contributed by atoms with Crippen LogP contribution in [0, 0.1) is 13.8 Å². The molecule has 0 radical (unpaired) electrons. The minimum Gasteiger partial charge on any atom is -0.345 e. The fraction of sp³-hybridized carbons (Fsp3) is 0.316. The Kier molecular flexibility index (Phi) is 7.84. The lowest BCUT2D eigenvalue weighted by Crippen LogP contribution is -2.16. The van der Waals surface area contributed by atoms with Gasteiger partial charge in [-0.05, 0) is 47.5 Å². The van der Waals surface area contributed by atoms with E-state index in [1.165, 1.54) is 10.2 Å². The molecule has 26 heavy (non-hydrogen) atoms. The Bertz CT molecular complexity index is 1050. The van der Waals surface area contributed by atoms with Gasteiger partial charge in [-0.3, -0.25) is 4.79 Å². The van der Waals surface area contributed by atoms with E-state index in [0.717, 1.165) is 0 Å². The lowest BCUT2D eigenvalue weighted by Gasteiger charge is -2.11. The molecule has 0 aliphatic rings. The first kappa shape index (κ1) is 22.2. The van der Waals surface area contributed by atoms with Crippen LogP contribution in [0.15, 0.2) is 50.7 Å². The third kappa shape index (κ3) is 3.94. The van der Waals surface area contributed by atoms with Gasteiger partial charge in [0.1, 0.15) is 5.65 Å². The monoisotopic (exact) mass is 440 g/mol. The lowest BCUT2D eigenvalue weighted by atomic mass is 10.2. The Morgan fingerprint density at radius 1 is 1.04 bits per heavy atom. The Balaban J connectivity index is 0.000000791. The molecular formula is C19H25BrN2O3S. The van der Waals surface area contributed by atoms with Crippen molar-refractivity contribution >= 4 is 37.0 Å². The molecule has 3 rings (SSSR count). The standard InChI is InChI=1S/C15H13BrN2O3S.2C2H6/c1-9-5-3-4-6-13(9)22(20,21)18-10(2)7-11-14(19)12(16)8-17-15(11)18;2*1-2/h3-8H,1-2H3,(H,17,19);2*1-2H3. The van der Waals surface area contributed by atoms with Crippen molar-refractivity contribution in [2.75, 3.05) is 0 Å². The number of fused-ring (bicyclic) bond motifs is 1. The summed E-state index contributed by atoms with van der Waals surface area (Å²) in [7, 11) is -3.78. The number of hydrogen-bond acceptors (Lipinski definition) is 3. The van der Waals surface area contributed by atoms with Crippen LogP contribution in [0.25, 0.3) is 11.0 Å². The quantitative estimate of drug-likeness (QED) is 0.609. The fourth-order valence-corrected chi connectivity index (χ4v) is 4.58. The van der Waals surface area contributed by atoms with Crippen molar-refractivity contribution in [3.8, 4) is 0 Å². The van der Waals surface area contributed by atoms with Gasteiger partial charge in [-0.15, -0.1) is 0 Å². The molecule has 0 aliphatic heterocycles. The van der Waals surface area contributed by atoms with Crippen molar-refractivity contribution in [2.24, 2.45) is 0 Å². The highest BCUT2D eigenvalue weighted by Crippen LogP contribution is 2.25. The number of benzene rings is 1. The van der Waals surface area contributed by atoms with Gasteiger partial charge >= 0.3 is 0 Å². The van der Waals surface area contributed by atoms with Gasteiger partial charge in [0.15, 0.2) is 0 Å². The molecular weight excluding hydrogens is 416 g/mol. The second-order valence-electron chi connectivity index (χ2n) is 5.05. The molecule has 0 atom stereocenters. The van der Waals surface area contributed by atoms with E-state index < -0.39 is 10.0 Å². The molecule has 0 spiro atoms. The molecule has 0 amide bonds. The summed E-state index contributed by atoms with van der Waals surface area (Å²) in [4.78, 5) is 15.3. The molecule has 0 fully saturated rings. The maximum absolute atomic E-state index is 13.0. The van der Waals surface area contributed by atoms with Gasteiger partial charge in [0.2, 0.25) is 5.43 Å². The summed E-state index contributed by atoms with van der Waals surface area (Å²) in [5.41, 5.74) is 1.16. The Morgan fingerprint density at radius 3 is 2.19 bits per heavy atom. The normalized spacial score (nSPS) is 10.6. The van der Waals surface area contributed by atoms with Crippen molar-refractivity contribution < 1.29 is 8.42 Å². The van der Waals surface area contributed by atoms with E-state index in [-0.39, 0.29) is 16.0 Å². The van der Waals surface area contributed by atoms with E-state index in [2.05, 4.69) is 20.9 Å². The number of aromatic nitrogens is 2. The summed E-state index contributed by atoms with van der Waals surface area (Å²) in [6, 6.07) is 8.35. The number of nitrogens with one attached hydrogen (secondary N) is 1. The van der Waals surface area contributed by atoms with Gasteiger partial charge in [0, 0.05) is 11.9 Å². The zero-order valence-corrected chi connectivity index (χ0v) is 18.3. The molecule has 3 aromatic rings. The summed E-state index contributed by atoms with van der Waals surface area (Å²) >= 11 is 3.15. The van der Waals surface area contributed by atoms with E-state index in [9.17, 15) is 13.2 Å². The van der Waals surface area contributed by atoms with E-state index >= 15 is 0 Å². The molecule has 1 aromatic carbocycles. The first-order valence-corrected chi connectivity index (χ1v) is 10.8. The molecule has 2 aromatic heterocycles. The van der Waals surface area contributed by atoms with E-state index in [1.807, 2.05) is 27.7 Å². The van der Waals surface area contributed by atoms with Crippen LogP contribution in [0.4, 0.5) is 0 Å². The molecule has 0 bridgehead atoms. The summed E-state index contributed by atoms with van der Waals surface area (Å²) in [6.07, 6.45) is 1.45. The van der Waals surface area contributed by atoms with Crippen LogP contribution >= 0.6 is 15.9 Å². The Hall–Kier alpha value is -1.86. The summed E-state index contributed by atoms with van der Waals surface area (Å²) in [5, 5.41) is 0.337. The number of hydrogen-bond donors (Lipinski definition) is 1. The van der Waals surface area contributed by atoms with Gasteiger partial charge < -0.3 is 4.98 Å². The van der Waals surface area contributed by atoms with Crippen LogP contribution in [0.1, 0.15) is 39.0 Å². The van der Waals surface area contributed by atoms with Crippen LogP contribution in [0.5, 0.6) is 0 Å². The first-order valence-electron chi connectivity index (χ1n) is 8.54. The van der Waals surface area contributed by atoms with Crippen LogP contribution < -0.4 is 5.43 Å². The predicted molar refractivity (Wildman–Crippen MR) is 111 cm³/mol. The number of pyridine rings is 1. The Labute approximate surface area is 163 Å². The largest absolute Gasteiger partial charge is 0.345 e. The zero-order chi connectivity index (χ0) is 20.1. The summed E-state index contributed by atoms with van der Waals surface area (Å²) in [5.74, 6) is 0. The Morgan fingerprint density at radius 2 is 1.62 bits per heavy atom. The highest BCUT2D eigenvalue weighted by molar-refractivity contribution is 9.10. The number of rotatable bonds is 2. The molecule has 0 aliphatic carbocycles. The number of aryl methyl sites for hydroxylation is 2. The maximum Gasteiger partial charge on any atom is 0.269 e. The highest BCUT2D eigenvalue weighted by atomic mass is 79.9. The number of halogens is 1. The molecule has 0 unspecified atom stereocenters. The predicted octanol–water partition coefficient (Wildman–Crippen LogP) is 5.00. The SMILES string of the molecule is CC.CC.Cc1ccccc1S(=O)(=O)n1c(C)cc2c(=O)c(Br)c[nH]c21. The zero-order valence-electron chi connectivity index (χ0n) is 15.9. The lowest BCUT2D eigenvalue weighted by molar-refractivity contribution is 0.587. The van der Waals surface area contributed by atoms with Crippen LogP contribution in [-0.4, -0.2) is 17.4 Å². The second-order valence-corrected chi connectivity index (χ2v) is 7.66. The maximum atomic E-state index is 13.0. The van der Waals surface area contributed by atoms with Gasteiger partial charge in [0.25, 0.3) is 10.0 Å². The molecule has 0 saturated carbocycles. The van der Waals surface area contributed by atoms with Gasteiger partial charge in [-0.25, -0.2) is 12.4 Å². The molecule has 1 N–H and O–H groups in total. The molecule has 5 nitrogen and oxygen atoms in total.